The molecule has 0 aromatic rings. The van der Waals surface area contributed by atoms with Crippen molar-refractivity contribution in [2.24, 2.45) is 17.3 Å². The van der Waals surface area contributed by atoms with E-state index < -0.39 is 0 Å². The fraction of sp³-hybridized carbons (Fsp3) is 0.750. The summed E-state index contributed by atoms with van der Waals surface area (Å²) in [5, 5.41) is -0.180. The normalized spacial score (nSPS) is 29.4. The van der Waals surface area contributed by atoms with Crippen molar-refractivity contribution in [3.63, 3.8) is 0 Å². The zero-order valence-corrected chi connectivity index (χ0v) is 9.97. The van der Waals surface area contributed by atoms with Gasteiger partial charge in [0.1, 0.15) is 0 Å². The van der Waals surface area contributed by atoms with Crippen molar-refractivity contribution in [2.75, 3.05) is 0 Å². The molecule has 0 bridgehead atoms. The summed E-state index contributed by atoms with van der Waals surface area (Å²) >= 11 is 5.52. The molecule has 80 valence electrons. The maximum atomic E-state index is 11.1. The van der Waals surface area contributed by atoms with Gasteiger partial charge in [0.15, 0.2) is 0 Å². The van der Waals surface area contributed by atoms with Gasteiger partial charge in [0, 0.05) is 5.92 Å². The molecule has 1 aliphatic rings. The fourth-order valence-corrected chi connectivity index (χ4v) is 2.45. The molecule has 14 heavy (non-hydrogen) atoms. The van der Waals surface area contributed by atoms with E-state index in [2.05, 4.69) is 32.9 Å². The van der Waals surface area contributed by atoms with Gasteiger partial charge in [-0.25, -0.2) is 0 Å². The Balaban J connectivity index is 2.41. The minimum Gasteiger partial charge on any atom is -0.281 e. The maximum Gasteiger partial charge on any atom is 0.225 e. The number of allylic oxidation sites excluding steroid dienone is 2. The van der Waals surface area contributed by atoms with E-state index in [-0.39, 0.29) is 16.6 Å². The summed E-state index contributed by atoms with van der Waals surface area (Å²) in [7, 11) is 0. The Kier molecular flexibility index (Phi) is 3.77. The third-order valence-corrected chi connectivity index (χ3v) is 3.46. The molecule has 0 heterocycles. The van der Waals surface area contributed by atoms with Gasteiger partial charge in [-0.3, -0.25) is 4.79 Å². The molecule has 0 aromatic carbocycles. The summed E-state index contributed by atoms with van der Waals surface area (Å²) in [6.45, 7) is 6.39. The molecule has 0 saturated heterocycles. The first-order chi connectivity index (χ1) is 6.51. The molecule has 2 atom stereocenters. The van der Waals surface area contributed by atoms with Gasteiger partial charge in [0.05, 0.1) is 0 Å². The van der Waals surface area contributed by atoms with Crippen molar-refractivity contribution in [3.05, 3.63) is 12.2 Å². The summed E-state index contributed by atoms with van der Waals surface area (Å²) in [4.78, 5) is 11.1. The summed E-state index contributed by atoms with van der Waals surface area (Å²) in [5.74, 6) is 0.409. The number of hydrogen-bond donors (Lipinski definition) is 0. The smallest absolute Gasteiger partial charge is 0.225 e. The maximum absolute atomic E-state index is 11.1. The predicted molar refractivity (Wildman–Crippen MR) is 60.3 cm³/mol. The number of carbonyl (C=O) groups excluding carboxylic acids is 1. The lowest BCUT2D eigenvalue weighted by atomic mass is 10.1. The molecular weight excluding hydrogens is 196 g/mol. The molecule has 1 aliphatic carbocycles. The average molecular weight is 215 g/mol. The molecule has 0 spiro atoms. The van der Waals surface area contributed by atoms with Crippen LogP contribution >= 0.6 is 11.6 Å². The fourth-order valence-electron chi connectivity index (χ4n) is 2.04. The van der Waals surface area contributed by atoms with E-state index in [1.54, 1.807) is 0 Å². The minimum atomic E-state index is -0.180. The monoisotopic (exact) mass is 214 g/mol. The van der Waals surface area contributed by atoms with Gasteiger partial charge in [-0.1, -0.05) is 45.8 Å². The summed E-state index contributed by atoms with van der Waals surface area (Å²) in [6.07, 6.45) is 7.92. The number of halogens is 1. The van der Waals surface area contributed by atoms with Gasteiger partial charge in [0.25, 0.3) is 0 Å². The van der Waals surface area contributed by atoms with Crippen LogP contribution in [0.3, 0.4) is 0 Å². The van der Waals surface area contributed by atoms with Crippen LogP contribution in [0.15, 0.2) is 12.2 Å². The SMILES string of the molecule is CCCC/C=C\C1C(C(=O)Cl)C1(C)C. The lowest BCUT2D eigenvalue weighted by Crippen LogP contribution is -1.96. The van der Waals surface area contributed by atoms with E-state index in [0.717, 1.165) is 6.42 Å². The van der Waals surface area contributed by atoms with Gasteiger partial charge in [-0.15, -0.1) is 0 Å². The summed E-state index contributed by atoms with van der Waals surface area (Å²) < 4.78 is 0. The first kappa shape index (κ1) is 11.8. The summed E-state index contributed by atoms with van der Waals surface area (Å²) in [6, 6.07) is 0. The molecule has 1 rings (SSSR count). The van der Waals surface area contributed by atoms with Gasteiger partial charge >= 0.3 is 0 Å². The van der Waals surface area contributed by atoms with Crippen LogP contribution in [-0.4, -0.2) is 5.24 Å². The van der Waals surface area contributed by atoms with Crippen LogP contribution in [0.4, 0.5) is 0 Å². The Hall–Kier alpha value is -0.300. The van der Waals surface area contributed by atoms with Crippen LogP contribution < -0.4 is 0 Å². The third-order valence-electron chi connectivity index (χ3n) is 3.22. The van der Waals surface area contributed by atoms with E-state index in [1.807, 2.05) is 0 Å². The largest absolute Gasteiger partial charge is 0.281 e. The van der Waals surface area contributed by atoms with Crippen molar-refractivity contribution in [1.29, 1.82) is 0 Å². The molecule has 1 fully saturated rings. The highest BCUT2D eigenvalue weighted by molar-refractivity contribution is 6.64. The van der Waals surface area contributed by atoms with Crippen LogP contribution in [0, 0.1) is 17.3 Å². The van der Waals surface area contributed by atoms with Crippen LogP contribution in [0.5, 0.6) is 0 Å². The topological polar surface area (TPSA) is 17.1 Å². The molecule has 1 saturated carbocycles. The molecule has 0 amide bonds. The van der Waals surface area contributed by atoms with Crippen LogP contribution in [0.1, 0.15) is 40.0 Å². The molecule has 2 heteroatoms. The lowest BCUT2D eigenvalue weighted by molar-refractivity contribution is -0.113. The second-order valence-corrected chi connectivity index (χ2v) is 5.07. The second kappa shape index (κ2) is 4.48. The highest BCUT2D eigenvalue weighted by atomic mass is 35.5. The van der Waals surface area contributed by atoms with Gasteiger partial charge in [-0.05, 0) is 29.4 Å². The van der Waals surface area contributed by atoms with Crippen molar-refractivity contribution in [2.45, 2.75) is 40.0 Å². The lowest BCUT2D eigenvalue weighted by Gasteiger charge is -1.96. The van der Waals surface area contributed by atoms with Crippen molar-refractivity contribution in [1.82, 2.24) is 0 Å². The Bertz CT molecular complexity index is 243. The van der Waals surface area contributed by atoms with Crippen LogP contribution in [0.2, 0.25) is 0 Å². The number of hydrogen-bond acceptors (Lipinski definition) is 1. The van der Waals surface area contributed by atoms with Gasteiger partial charge in [0.2, 0.25) is 5.24 Å². The number of rotatable bonds is 5. The molecule has 0 N–H and O–H groups in total. The Morgan fingerprint density at radius 2 is 2.14 bits per heavy atom. The molecule has 0 aliphatic heterocycles. The molecular formula is C12H19ClO. The van der Waals surface area contributed by atoms with E-state index in [4.69, 9.17) is 11.6 Å². The van der Waals surface area contributed by atoms with Crippen molar-refractivity contribution < 1.29 is 4.79 Å². The van der Waals surface area contributed by atoms with Crippen molar-refractivity contribution in [3.8, 4) is 0 Å². The molecule has 0 radical (unpaired) electrons. The van der Waals surface area contributed by atoms with E-state index in [0.29, 0.717) is 5.92 Å². The van der Waals surface area contributed by atoms with Crippen LogP contribution in [0.25, 0.3) is 0 Å². The predicted octanol–water partition coefficient (Wildman–Crippen LogP) is 3.77. The Morgan fingerprint density at radius 3 is 2.57 bits per heavy atom. The summed E-state index contributed by atoms with van der Waals surface area (Å²) in [5.41, 5.74) is 0.0849. The molecule has 2 unspecified atom stereocenters. The van der Waals surface area contributed by atoms with Gasteiger partial charge < -0.3 is 0 Å². The molecule has 0 aromatic heterocycles. The highest BCUT2D eigenvalue weighted by Crippen LogP contribution is 2.59. The first-order valence-electron chi connectivity index (χ1n) is 5.37. The Labute approximate surface area is 91.5 Å². The Morgan fingerprint density at radius 1 is 1.50 bits per heavy atom. The number of carbonyl (C=O) groups is 1. The average Bonchev–Trinajstić information content (AvgIpc) is 2.62. The first-order valence-corrected chi connectivity index (χ1v) is 5.75. The number of unbranched alkanes of at least 4 members (excludes halogenated alkanes) is 2. The van der Waals surface area contributed by atoms with E-state index >= 15 is 0 Å². The second-order valence-electron chi connectivity index (χ2n) is 4.70. The van der Waals surface area contributed by atoms with Gasteiger partial charge in [-0.2, -0.15) is 0 Å². The van der Waals surface area contributed by atoms with Crippen molar-refractivity contribution >= 4 is 16.8 Å². The van der Waals surface area contributed by atoms with E-state index in [1.165, 1.54) is 12.8 Å². The zero-order chi connectivity index (χ0) is 10.8. The van der Waals surface area contributed by atoms with E-state index in [9.17, 15) is 4.79 Å². The quantitative estimate of drug-likeness (QED) is 0.387. The highest BCUT2D eigenvalue weighted by Gasteiger charge is 2.59. The standard InChI is InChI=1S/C12H19ClO/c1-4-5-6-7-8-9-10(11(13)14)12(9,2)3/h7-10H,4-6H2,1-3H3/b8-7-. The molecule has 1 nitrogen and oxygen atoms in total. The third kappa shape index (κ3) is 2.38. The zero-order valence-electron chi connectivity index (χ0n) is 9.22. The minimum absolute atomic E-state index is 0.0436. The van der Waals surface area contributed by atoms with Crippen LogP contribution in [-0.2, 0) is 4.79 Å².